The van der Waals surface area contributed by atoms with E-state index >= 15 is 0 Å². The molecule has 0 bridgehead atoms. The quantitative estimate of drug-likeness (QED) is 0.595. The summed E-state index contributed by atoms with van der Waals surface area (Å²) >= 11 is 0. The lowest BCUT2D eigenvalue weighted by Gasteiger charge is -2.35. The minimum atomic E-state index is -0.191. The first-order valence-corrected chi connectivity index (χ1v) is 9.55. The molecular weight excluding hydrogens is 370 g/mol. The highest BCUT2D eigenvalue weighted by Crippen LogP contribution is 2.35. The van der Waals surface area contributed by atoms with Crippen molar-refractivity contribution in [3.8, 4) is 11.4 Å². The van der Waals surface area contributed by atoms with Crippen LogP contribution in [0.15, 0.2) is 41.2 Å². The highest BCUT2D eigenvalue weighted by atomic mass is 16.5. The van der Waals surface area contributed by atoms with Crippen molar-refractivity contribution in [1.29, 1.82) is 0 Å². The maximum Gasteiger partial charge on any atom is 0.271 e. The Hall–Kier alpha value is -3.26. The summed E-state index contributed by atoms with van der Waals surface area (Å²) in [6, 6.07) is 11.3. The number of ether oxygens (including phenoxy) is 1. The summed E-state index contributed by atoms with van der Waals surface area (Å²) in [5.74, 6) is 1.16. The second kappa shape index (κ2) is 8.00. The molecule has 8 heteroatoms. The third-order valence-electron chi connectivity index (χ3n) is 5.13. The molecule has 0 atom stereocenters. The molecule has 0 unspecified atom stereocenters. The third kappa shape index (κ3) is 4.12. The number of imidazole rings is 1. The maximum atomic E-state index is 12.7. The molecule has 4 rings (SSSR count). The van der Waals surface area contributed by atoms with E-state index in [-0.39, 0.29) is 30.0 Å². The molecule has 1 saturated carbocycles. The Bertz CT molecular complexity index is 1070. The number of hydrogen-bond donors (Lipinski definition) is 3. The van der Waals surface area contributed by atoms with Gasteiger partial charge >= 0.3 is 0 Å². The molecule has 0 spiro atoms. The van der Waals surface area contributed by atoms with Crippen molar-refractivity contribution in [3.05, 3.63) is 69.7 Å². The highest BCUT2D eigenvalue weighted by Gasteiger charge is 2.33. The van der Waals surface area contributed by atoms with Gasteiger partial charge in [-0.1, -0.05) is 30.3 Å². The van der Waals surface area contributed by atoms with Crippen LogP contribution in [-0.4, -0.2) is 39.0 Å². The molecule has 3 aromatic rings. The summed E-state index contributed by atoms with van der Waals surface area (Å²) in [6.07, 6.45) is 1.48. The molecular formula is C21H23N5O3. The molecule has 1 fully saturated rings. The zero-order chi connectivity index (χ0) is 20.4. The van der Waals surface area contributed by atoms with Gasteiger partial charge in [0.1, 0.15) is 23.9 Å². The fraction of sp³-hybridized carbons (Fsp3) is 0.333. The van der Waals surface area contributed by atoms with E-state index in [1.807, 2.05) is 37.3 Å². The van der Waals surface area contributed by atoms with Gasteiger partial charge in [0.2, 0.25) is 0 Å². The van der Waals surface area contributed by atoms with Crippen LogP contribution in [0.2, 0.25) is 0 Å². The molecule has 3 N–H and O–H groups in total. The van der Waals surface area contributed by atoms with Crippen LogP contribution in [0.5, 0.6) is 0 Å². The number of rotatable bonds is 6. The van der Waals surface area contributed by atoms with E-state index in [0.717, 1.165) is 29.8 Å². The van der Waals surface area contributed by atoms with Gasteiger partial charge in [-0.15, -0.1) is 0 Å². The first-order valence-electron chi connectivity index (χ1n) is 9.55. The number of aromatic nitrogens is 4. The number of nitrogens with one attached hydrogen (secondary N) is 3. The van der Waals surface area contributed by atoms with Crippen LogP contribution in [0.3, 0.4) is 0 Å². The normalized spacial score (nSPS) is 18.3. The number of H-pyrrole nitrogens is 2. The number of aromatic amines is 2. The molecule has 29 heavy (non-hydrogen) atoms. The van der Waals surface area contributed by atoms with Gasteiger partial charge in [-0.05, 0) is 19.8 Å². The van der Waals surface area contributed by atoms with Crippen LogP contribution in [0, 0.1) is 6.92 Å². The van der Waals surface area contributed by atoms with Gasteiger partial charge in [0, 0.05) is 36.4 Å². The Balaban J connectivity index is 1.39. The predicted octanol–water partition coefficient (Wildman–Crippen LogP) is 2.29. The van der Waals surface area contributed by atoms with Crippen LogP contribution >= 0.6 is 0 Å². The molecule has 8 nitrogen and oxygen atoms in total. The van der Waals surface area contributed by atoms with E-state index in [0.29, 0.717) is 17.3 Å². The van der Waals surface area contributed by atoms with Crippen LogP contribution in [0.4, 0.5) is 0 Å². The minimum Gasteiger partial charge on any atom is -0.377 e. The molecule has 150 valence electrons. The lowest BCUT2D eigenvalue weighted by Crippen LogP contribution is -2.44. The molecule has 0 saturated heterocycles. The van der Waals surface area contributed by atoms with Crippen molar-refractivity contribution in [1.82, 2.24) is 25.3 Å². The number of nitrogens with zero attached hydrogens (tertiary/aromatic N) is 2. The number of carbonyl (C=O) groups is 1. The molecule has 0 aliphatic heterocycles. The SMILES string of the molecule is COCc1nc(C2CC(NC(=O)c3nc(-c4ccccc4)[nH]c3C)C2)cc(=O)[nH]1. The number of amides is 1. The lowest BCUT2D eigenvalue weighted by molar-refractivity contribution is 0.0902. The van der Waals surface area contributed by atoms with E-state index in [1.54, 1.807) is 7.11 Å². The van der Waals surface area contributed by atoms with Gasteiger partial charge in [0.05, 0.1) is 5.69 Å². The largest absolute Gasteiger partial charge is 0.377 e. The van der Waals surface area contributed by atoms with Crippen molar-refractivity contribution in [3.63, 3.8) is 0 Å². The van der Waals surface area contributed by atoms with E-state index in [4.69, 9.17) is 4.74 Å². The van der Waals surface area contributed by atoms with Gasteiger partial charge in [-0.2, -0.15) is 0 Å². The van der Waals surface area contributed by atoms with Crippen molar-refractivity contribution in [2.45, 2.75) is 38.3 Å². The molecule has 1 aromatic carbocycles. The van der Waals surface area contributed by atoms with Gasteiger partial charge in [0.15, 0.2) is 0 Å². The number of aryl methyl sites for hydroxylation is 1. The van der Waals surface area contributed by atoms with Gasteiger partial charge in [0.25, 0.3) is 11.5 Å². The Kier molecular flexibility index (Phi) is 5.26. The average Bonchev–Trinajstić information content (AvgIpc) is 3.06. The number of methoxy groups -OCH3 is 1. The fourth-order valence-electron chi connectivity index (χ4n) is 3.59. The van der Waals surface area contributed by atoms with Crippen molar-refractivity contribution in [2.75, 3.05) is 7.11 Å². The minimum absolute atomic E-state index is 0.0377. The summed E-state index contributed by atoms with van der Waals surface area (Å²) in [6.45, 7) is 2.10. The molecule has 2 aromatic heterocycles. The highest BCUT2D eigenvalue weighted by molar-refractivity contribution is 5.94. The summed E-state index contributed by atoms with van der Waals surface area (Å²) < 4.78 is 5.04. The Morgan fingerprint density at radius 3 is 2.69 bits per heavy atom. The van der Waals surface area contributed by atoms with Crippen LogP contribution in [0.1, 0.15) is 46.5 Å². The Morgan fingerprint density at radius 2 is 1.97 bits per heavy atom. The summed E-state index contributed by atoms with van der Waals surface area (Å²) in [4.78, 5) is 39.2. The topological polar surface area (TPSA) is 113 Å². The Morgan fingerprint density at radius 1 is 1.21 bits per heavy atom. The zero-order valence-corrected chi connectivity index (χ0v) is 16.4. The average molecular weight is 393 g/mol. The maximum absolute atomic E-state index is 12.7. The zero-order valence-electron chi connectivity index (χ0n) is 16.4. The van der Waals surface area contributed by atoms with Crippen molar-refractivity contribution >= 4 is 5.91 Å². The van der Waals surface area contributed by atoms with E-state index in [1.165, 1.54) is 6.07 Å². The first kappa shape index (κ1) is 19.1. The molecule has 0 radical (unpaired) electrons. The van der Waals surface area contributed by atoms with Crippen molar-refractivity contribution < 1.29 is 9.53 Å². The second-order valence-corrected chi connectivity index (χ2v) is 7.31. The van der Waals surface area contributed by atoms with E-state index in [2.05, 4.69) is 25.3 Å². The predicted molar refractivity (Wildman–Crippen MR) is 108 cm³/mol. The molecule has 1 aliphatic carbocycles. The van der Waals surface area contributed by atoms with Gasteiger partial charge in [-0.3, -0.25) is 9.59 Å². The van der Waals surface area contributed by atoms with Gasteiger partial charge < -0.3 is 20.0 Å². The number of carbonyl (C=O) groups excluding carboxylic acids is 1. The lowest BCUT2D eigenvalue weighted by atomic mass is 9.78. The standard InChI is InChI=1S/C21H23N5O3/c1-12-19(26-20(22-12)13-6-4-3-5-7-13)21(28)23-15-8-14(9-15)16-10-18(27)25-17(24-16)11-29-2/h3-7,10,14-15H,8-9,11H2,1-2H3,(H,22,26)(H,23,28)(H,24,25,27). The molecule has 1 aliphatic rings. The third-order valence-corrected chi connectivity index (χ3v) is 5.13. The number of benzene rings is 1. The first-order chi connectivity index (χ1) is 14.0. The molecule has 1 amide bonds. The smallest absolute Gasteiger partial charge is 0.271 e. The van der Waals surface area contributed by atoms with Crippen LogP contribution in [-0.2, 0) is 11.3 Å². The van der Waals surface area contributed by atoms with Crippen LogP contribution < -0.4 is 10.9 Å². The summed E-state index contributed by atoms with van der Waals surface area (Å²) in [5, 5.41) is 3.03. The van der Waals surface area contributed by atoms with Crippen molar-refractivity contribution in [2.24, 2.45) is 0 Å². The van der Waals surface area contributed by atoms with Gasteiger partial charge in [-0.25, -0.2) is 9.97 Å². The Labute approximate surface area is 167 Å². The summed E-state index contributed by atoms with van der Waals surface area (Å²) in [5.41, 5.74) is 2.64. The van der Waals surface area contributed by atoms with E-state index in [9.17, 15) is 9.59 Å². The van der Waals surface area contributed by atoms with E-state index < -0.39 is 0 Å². The van der Waals surface area contributed by atoms with Crippen LogP contribution in [0.25, 0.3) is 11.4 Å². The summed E-state index contributed by atoms with van der Waals surface area (Å²) in [7, 11) is 1.56. The molecule has 2 heterocycles. The fourth-order valence-corrected chi connectivity index (χ4v) is 3.59. The number of hydrogen-bond acceptors (Lipinski definition) is 5. The monoisotopic (exact) mass is 393 g/mol. The second-order valence-electron chi connectivity index (χ2n) is 7.31.